The zero-order chi connectivity index (χ0) is 13.0. The van der Waals surface area contributed by atoms with Gasteiger partial charge in [-0.3, -0.25) is 4.79 Å². The quantitative estimate of drug-likeness (QED) is 0.865. The predicted molar refractivity (Wildman–Crippen MR) is 72.3 cm³/mol. The Hall–Kier alpha value is -1.41. The van der Waals surface area contributed by atoms with Gasteiger partial charge in [-0.2, -0.15) is 0 Å². The number of thioether (sulfide) groups is 1. The van der Waals surface area contributed by atoms with Crippen LogP contribution in [0.1, 0.15) is 0 Å². The Morgan fingerprint density at radius 3 is 3.00 bits per heavy atom. The molecule has 0 aliphatic carbocycles. The normalized spacial score (nSPS) is 10.3. The summed E-state index contributed by atoms with van der Waals surface area (Å²) in [7, 11) is 1.83. The average Bonchev–Trinajstić information content (AvgIpc) is 2.75. The number of rotatable bonds is 4. The fourth-order valence-electron chi connectivity index (χ4n) is 1.16. The SMILES string of the molecule is Cn1cnnc1SCC(=O)Nc1ccc(Br)cn1. The lowest BCUT2D eigenvalue weighted by Crippen LogP contribution is -2.15. The van der Waals surface area contributed by atoms with Crippen LogP contribution in [0.4, 0.5) is 5.82 Å². The van der Waals surface area contributed by atoms with Gasteiger partial charge in [-0.25, -0.2) is 4.98 Å². The van der Waals surface area contributed by atoms with Gasteiger partial charge in [0, 0.05) is 17.7 Å². The van der Waals surface area contributed by atoms with Crippen molar-refractivity contribution < 1.29 is 4.79 Å². The molecule has 0 radical (unpaired) electrons. The third kappa shape index (κ3) is 3.54. The maximum atomic E-state index is 11.7. The van der Waals surface area contributed by atoms with Crippen molar-refractivity contribution in [2.45, 2.75) is 5.16 Å². The number of pyridine rings is 1. The molecule has 0 aromatic carbocycles. The fourth-order valence-corrected chi connectivity index (χ4v) is 2.08. The Bertz CT molecular complexity index is 541. The molecule has 1 N–H and O–H groups in total. The van der Waals surface area contributed by atoms with Gasteiger partial charge in [0.25, 0.3) is 0 Å². The van der Waals surface area contributed by atoms with E-state index in [2.05, 4.69) is 36.4 Å². The Balaban J connectivity index is 1.86. The smallest absolute Gasteiger partial charge is 0.236 e. The highest BCUT2D eigenvalue weighted by atomic mass is 79.9. The van der Waals surface area contributed by atoms with Crippen molar-refractivity contribution in [3.63, 3.8) is 0 Å². The summed E-state index contributed by atoms with van der Waals surface area (Å²) in [5.41, 5.74) is 0. The van der Waals surface area contributed by atoms with Gasteiger partial charge in [-0.15, -0.1) is 10.2 Å². The third-order valence-corrected chi connectivity index (χ3v) is 3.50. The van der Waals surface area contributed by atoms with Crippen molar-refractivity contribution in [2.75, 3.05) is 11.1 Å². The second-order valence-electron chi connectivity index (χ2n) is 3.42. The zero-order valence-electron chi connectivity index (χ0n) is 9.50. The molecule has 94 valence electrons. The number of carbonyl (C=O) groups is 1. The van der Waals surface area contributed by atoms with Gasteiger partial charge in [0.15, 0.2) is 5.16 Å². The molecule has 0 bridgehead atoms. The topological polar surface area (TPSA) is 72.7 Å². The van der Waals surface area contributed by atoms with Gasteiger partial charge in [0.2, 0.25) is 5.91 Å². The van der Waals surface area contributed by atoms with Gasteiger partial charge in [0.05, 0.1) is 5.75 Å². The second kappa shape index (κ2) is 5.96. The van der Waals surface area contributed by atoms with E-state index < -0.39 is 0 Å². The minimum absolute atomic E-state index is 0.127. The summed E-state index contributed by atoms with van der Waals surface area (Å²) < 4.78 is 2.63. The van der Waals surface area contributed by atoms with E-state index in [1.54, 1.807) is 23.2 Å². The molecule has 0 aliphatic heterocycles. The molecule has 2 aromatic rings. The molecule has 8 heteroatoms. The molecular formula is C10H10BrN5OS. The summed E-state index contributed by atoms with van der Waals surface area (Å²) in [4.78, 5) is 15.7. The highest BCUT2D eigenvalue weighted by Gasteiger charge is 2.07. The number of aromatic nitrogens is 4. The van der Waals surface area contributed by atoms with Crippen LogP contribution in [0, 0.1) is 0 Å². The average molecular weight is 328 g/mol. The van der Waals surface area contributed by atoms with Crippen LogP contribution in [0.5, 0.6) is 0 Å². The number of hydrogen-bond donors (Lipinski definition) is 1. The maximum Gasteiger partial charge on any atom is 0.236 e. The summed E-state index contributed by atoms with van der Waals surface area (Å²) in [6.45, 7) is 0. The van der Waals surface area contributed by atoms with E-state index in [4.69, 9.17) is 0 Å². The van der Waals surface area contributed by atoms with Crippen LogP contribution in [0.25, 0.3) is 0 Å². The van der Waals surface area contributed by atoms with Crippen LogP contribution < -0.4 is 5.32 Å². The van der Waals surface area contributed by atoms with Gasteiger partial charge in [-0.05, 0) is 28.1 Å². The largest absolute Gasteiger partial charge is 0.312 e. The molecule has 2 heterocycles. The van der Waals surface area contributed by atoms with E-state index in [1.165, 1.54) is 11.8 Å². The van der Waals surface area contributed by atoms with Crippen molar-refractivity contribution in [2.24, 2.45) is 7.05 Å². The molecule has 6 nitrogen and oxygen atoms in total. The van der Waals surface area contributed by atoms with Gasteiger partial charge >= 0.3 is 0 Å². The molecule has 2 rings (SSSR count). The van der Waals surface area contributed by atoms with E-state index in [9.17, 15) is 4.79 Å². The number of amides is 1. The summed E-state index contributed by atoms with van der Waals surface area (Å²) in [5.74, 6) is 0.671. The summed E-state index contributed by atoms with van der Waals surface area (Å²) in [6, 6.07) is 3.55. The molecule has 18 heavy (non-hydrogen) atoms. The van der Waals surface area contributed by atoms with Crippen LogP contribution in [-0.2, 0) is 11.8 Å². The van der Waals surface area contributed by atoms with Crippen molar-refractivity contribution in [3.8, 4) is 0 Å². The van der Waals surface area contributed by atoms with Crippen LogP contribution >= 0.6 is 27.7 Å². The van der Waals surface area contributed by atoms with Crippen LogP contribution in [0.2, 0.25) is 0 Å². The predicted octanol–water partition coefficient (Wildman–Crippen LogP) is 1.70. The van der Waals surface area contributed by atoms with E-state index in [1.807, 2.05) is 13.1 Å². The Morgan fingerprint density at radius 1 is 1.56 bits per heavy atom. The van der Waals surface area contributed by atoms with Crippen molar-refractivity contribution in [3.05, 3.63) is 29.1 Å². The Labute approximate surface area is 116 Å². The molecule has 0 spiro atoms. The molecule has 0 saturated heterocycles. The van der Waals surface area contributed by atoms with E-state index in [-0.39, 0.29) is 11.7 Å². The number of anilines is 1. The van der Waals surface area contributed by atoms with Crippen LogP contribution in [0.15, 0.2) is 34.3 Å². The highest BCUT2D eigenvalue weighted by Crippen LogP contribution is 2.14. The lowest BCUT2D eigenvalue weighted by Gasteiger charge is -2.03. The monoisotopic (exact) mass is 327 g/mol. The number of aryl methyl sites for hydroxylation is 1. The number of nitrogens with zero attached hydrogens (tertiary/aromatic N) is 4. The first-order valence-electron chi connectivity index (χ1n) is 5.03. The number of carbonyl (C=O) groups excluding carboxylic acids is 1. The van der Waals surface area contributed by atoms with E-state index >= 15 is 0 Å². The summed E-state index contributed by atoms with van der Waals surface area (Å²) in [6.07, 6.45) is 3.22. The molecular weight excluding hydrogens is 318 g/mol. The summed E-state index contributed by atoms with van der Waals surface area (Å²) >= 11 is 4.60. The molecule has 0 fully saturated rings. The van der Waals surface area contributed by atoms with Crippen molar-refractivity contribution in [1.82, 2.24) is 19.7 Å². The first-order chi connectivity index (χ1) is 8.65. The zero-order valence-corrected chi connectivity index (χ0v) is 11.9. The molecule has 2 aromatic heterocycles. The standard InChI is InChI=1S/C10H10BrN5OS/c1-16-6-13-15-10(16)18-5-9(17)14-8-3-2-7(11)4-12-8/h2-4,6H,5H2,1H3,(H,12,14,17). The third-order valence-electron chi connectivity index (χ3n) is 2.00. The van der Waals surface area contributed by atoms with E-state index in [0.717, 1.165) is 4.47 Å². The van der Waals surface area contributed by atoms with Gasteiger partial charge in [0.1, 0.15) is 12.1 Å². The molecule has 0 aliphatic rings. The summed E-state index contributed by atoms with van der Waals surface area (Å²) in [5, 5.41) is 11.0. The molecule has 0 unspecified atom stereocenters. The van der Waals surface area contributed by atoms with Crippen molar-refractivity contribution in [1.29, 1.82) is 0 Å². The van der Waals surface area contributed by atoms with Gasteiger partial charge < -0.3 is 9.88 Å². The number of halogens is 1. The number of hydrogen-bond acceptors (Lipinski definition) is 5. The molecule has 0 saturated carbocycles. The molecule has 1 amide bonds. The van der Waals surface area contributed by atoms with Crippen molar-refractivity contribution >= 4 is 39.4 Å². The second-order valence-corrected chi connectivity index (χ2v) is 5.28. The fraction of sp³-hybridized carbons (Fsp3) is 0.200. The minimum atomic E-state index is -0.127. The first-order valence-corrected chi connectivity index (χ1v) is 6.81. The van der Waals surface area contributed by atoms with Gasteiger partial charge in [-0.1, -0.05) is 11.8 Å². The highest BCUT2D eigenvalue weighted by molar-refractivity contribution is 9.10. The van der Waals surface area contributed by atoms with Crippen LogP contribution in [-0.4, -0.2) is 31.4 Å². The maximum absolute atomic E-state index is 11.7. The lowest BCUT2D eigenvalue weighted by molar-refractivity contribution is -0.113. The minimum Gasteiger partial charge on any atom is -0.312 e. The molecule has 0 atom stereocenters. The lowest BCUT2D eigenvalue weighted by atomic mass is 10.4. The Kier molecular flexibility index (Phi) is 4.32. The first kappa shape index (κ1) is 13.0. The van der Waals surface area contributed by atoms with Crippen LogP contribution in [0.3, 0.4) is 0 Å². The number of nitrogens with one attached hydrogen (secondary N) is 1. The van der Waals surface area contributed by atoms with E-state index in [0.29, 0.717) is 11.0 Å². The Morgan fingerprint density at radius 2 is 2.39 bits per heavy atom.